The Morgan fingerprint density at radius 2 is 2.00 bits per heavy atom. The van der Waals surface area contributed by atoms with Gasteiger partial charge in [-0.2, -0.15) is 0 Å². The quantitative estimate of drug-likeness (QED) is 0.771. The van der Waals surface area contributed by atoms with Crippen LogP contribution in [-0.2, 0) is 4.79 Å². The third-order valence-electron chi connectivity index (χ3n) is 5.04. The molecule has 3 atom stereocenters. The first kappa shape index (κ1) is 14.8. The van der Waals surface area contributed by atoms with Crippen molar-refractivity contribution in [3.63, 3.8) is 0 Å². The predicted molar refractivity (Wildman–Crippen MR) is 76.2 cm³/mol. The molecule has 0 radical (unpaired) electrons. The maximum atomic E-state index is 11.8. The fraction of sp³-hybridized carbons (Fsp3) is 0.933. The summed E-state index contributed by atoms with van der Waals surface area (Å²) in [6.45, 7) is 10.1. The van der Waals surface area contributed by atoms with E-state index in [4.69, 9.17) is 0 Å². The molecule has 1 saturated heterocycles. The van der Waals surface area contributed by atoms with E-state index in [2.05, 4.69) is 24.1 Å². The molecular formula is C15H28N2O2. The zero-order valence-corrected chi connectivity index (χ0v) is 12.5. The molecule has 2 rings (SSSR count). The number of hydrogen-bond donors (Lipinski definition) is 2. The summed E-state index contributed by atoms with van der Waals surface area (Å²) in [5.74, 6) is 1.08. The molecule has 1 heterocycles. The van der Waals surface area contributed by atoms with Crippen molar-refractivity contribution in [1.82, 2.24) is 10.2 Å². The molecular weight excluding hydrogens is 240 g/mol. The molecule has 0 amide bonds. The predicted octanol–water partition coefficient (Wildman–Crippen LogP) is 1.81. The van der Waals surface area contributed by atoms with E-state index in [0.717, 1.165) is 38.4 Å². The van der Waals surface area contributed by atoms with Crippen LogP contribution >= 0.6 is 0 Å². The molecule has 0 aromatic rings. The zero-order valence-electron chi connectivity index (χ0n) is 12.5. The summed E-state index contributed by atoms with van der Waals surface area (Å²) in [4.78, 5) is 14.2. The molecule has 0 aromatic heterocycles. The van der Waals surface area contributed by atoms with E-state index in [0.29, 0.717) is 18.4 Å². The summed E-state index contributed by atoms with van der Waals surface area (Å²) < 4.78 is 0. The number of piperidine rings is 1. The summed E-state index contributed by atoms with van der Waals surface area (Å²) in [5, 5.41) is 13.0. The molecule has 2 aliphatic rings. The van der Waals surface area contributed by atoms with Crippen LogP contribution in [0.25, 0.3) is 0 Å². The van der Waals surface area contributed by atoms with Crippen LogP contribution in [0.3, 0.4) is 0 Å². The van der Waals surface area contributed by atoms with Gasteiger partial charge in [-0.05, 0) is 50.1 Å². The van der Waals surface area contributed by atoms with Crippen LogP contribution in [0.5, 0.6) is 0 Å². The number of nitrogens with one attached hydrogen (secondary N) is 1. The van der Waals surface area contributed by atoms with E-state index in [9.17, 15) is 9.90 Å². The van der Waals surface area contributed by atoms with Crippen LogP contribution in [0.15, 0.2) is 0 Å². The lowest BCUT2D eigenvalue weighted by Crippen LogP contribution is -2.61. The van der Waals surface area contributed by atoms with Crippen molar-refractivity contribution in [3.8, 4) is 0 Å². The number of aliphatic carboxylic acids is 1. The van der Waals surface area contributed by atoms with Gasteiger partial charge in [0.1, 0.15) is 5.54 Å². The van der Waals surface area contributed by atoms with Crippen LogP contribution < -0.4 is 5.32 Å². The van der Waals surface area contributed by atoms with Crippen molar-refractivity contribution in [3.05, 3.63) is 0 Å². The topological polar surface area (TPSA) is 52.6 Å². The molecule has 0 spiro atoms. The maximum absolute atomic E-state index is 11.8. The highest BCUT2D eigenvalue weighted by Gasteiger charge is 2.51. The SMILES string of the molecule is CCNC(CN1CCC(C)C(C)C1)(C(=O)O)C1CC1. The minimum Gasteiger partial charge on any atom is -0.480 e. The molecule has 2 N–H and O–H groups in total. The van der Waals surface area contributed by atoms with Gasteiger partial charge < -0.3 is 15.3 Å². The summed E-state index contributed by atoms with van der Waals surface area (Å²) >= 11 is 0. The Morgan fingerprint density at radius 1 is 1.32 bits per heavy atom. The molecule has 19 heavy (non-hydrogen) atoms. The van der Waals surface area contributed by atoms with E-state index < -0.39 is 11.5 Å². The molecule has 0 bridgehead atoms. The van der Waals surface area contributed by atoms with Gasteiger partial charge in [-0.15, -0.1) is 0 Å². The fourth-order valence-corrected chi connectivity index (χ4v) is 3.38. The lowest BCUT2D eigenvalue weighted by molar-refractivity contribution is -0.147. The number of carboxylic acids is 1. The fourth-order valence-electron chi connectivity index (χ4n) is 3.38. The third-order valence-corrected chi connectivity index (χ3v) is 5.04. The van der Waals surface area contributed by atoms with Gasteiger partial charge in [0.05, 0.1) is 0 Å². The Bertz CT molecular complexity index is 330. The number of likely N-dealkylation sites (N-methyl/N-ethyl adjacent to an activating group) is 1. The molecule has 1 aliphatic carbocycles. The van der Waals surface area contributed by atoms with Crippen molar-refractivity contribution >= 4 is 5.97 Å². The van der Waals surface area contributed by atoms with Crippen LogP contribution in [0.4, 0.5) is 0 Å². The Balaban J connectivity index is 2.05. The number of carboxylic acid groups (broad SMARTS) is 1. The lowest BCUT2D eigenvalue weighted by Gasteiger charge is -2.41. The summed E-state index contributed by atoms with van der Waals surface area (Å²) in [6, 6.07) is 0. The van der Waals surface area contributed by atoms with Gasteiger partial charge in [-0.25, -0.2) is 0 Å². The summed E-state index contributed by atoms with van der Waals surface area (Å²) in [6.07, 6.45) is 3.30. The summed E-state index contributed by atoms with van der Waals surface area (Å²) in [7, 11) is 0. The van der Waals surface area contributed by atoms with E-state index in [1.807, 2.05) is 6.92 Å². The van der Waals surface area contributed by atoms with Gasteiger partial charge in [0.2, 0.25) is 0 Å². The van der Waals surface area contributed by atoms with Crippen LogP contribution in [0.1, 0.15) is 40.0 Å². The molecule has 1 saturated carbocycles. The molecule has 2 fully saturated rings. The highest BCUT2D eigenvalue weighted by molar-refractivity contribution is 5.80. The van der Waals surface area contributed by atoms with E-state index in [1.54, 1.807) is 0 Å². The van der Waals surface area contributed by atoms with Crippen LogP contribution in [0.2, 0.25) is 0 Å². The third kappa shape index (κ3) is 3.11. The molecule has 4 heteroatoms. The van der Waals surface area contributed by atoms with Crippen molar-refractivity contribution in [2.24, 2.45) is 17.8 Å². The monoisotopic (exact) mass is 268 g/mol. The number of rotatable bonds is 6. The van der Waals surface area contributed by atoms with E-state index in [-0.39, 0.29) is 0 Å². The zero-order chi connectivity index (χ0) is 14.0. The first-order valence-corrected chi connectivity index (χ1v) is 7.70. The van der Waals surface area contributed by atoms with Gasteiger partial charge in [0, 0.05) is 13.1 Å². The van der Waals surface area contributed by atoms with Gasteiger partial charge in [-0.1, -0.05) is 20.8 Å². The first-order valence-electron chi connectivity index (χ1n) is 7.70. The highest BCUT2D eigenvalue weighted by Crippen LogP contribution is 2.41. The second-order valence-electron chi connectivity index (χ2n) is 6.56. The normalized spacial score (nSPS) is 31.9. The van der Waals surface area contributed by atoms with Gasteiger partial charge in [-0.3, -0.25) is 4.79 Å². The second-order valence-corrected chi connectivity index (χ2v) is 6.56. The van der Waals surface area contributed by atoms with E-state index in [1.165, 1.54) is 6.42 Å². The minimum absolute atomic E-state index is 0.319. The minimum atomic E-state index is -0.713. The van der Waals surface area contributed by atoms with E-state index >= 15 is 0 Å². The molecule has 0 aromatic carbocycles. The van der Waals surface area contributed by atoms with Gasteiger partial charge in [0.15, 0.2) is 0 Å². The molecule has 110 valence electrons. The van der Waals surface area contributed by atoms with Crippen molar-refractivity contribution < 1.29 is 9.90 Å². The molecule has 1 aliphatic heterocycles. The Morgan fingerprint density at radius 3 is 2.47 bits per heavy atom. The summed E-state index contributed by atoms with van der Waals surface area (Å²) in [5.41, 5.74) is -0.713. The largest absolute Gasteiger partial charge is 0.480 e. The lowest BCUT2D eigenvalue weighted by atomic mass is 9.86. The standard InChI is InChI=1S/C15H28N2O2/c1-4-16-15(14(18)19,13-5-6-13)10-17-8-7-11(2)12(3)9-17/h11-13,16H,4-10H2,1-3H3,(H,18,19). The number of hydrogen-bond acceptors (Lipinski definition) is 3. The Kier molecular flexibility index (Phi) is 4.51. The smallest absolute Gasteiger partial charge is 0.325 e. The average molecular weight is 268 g/mol. The highest BCUT2D eigenvalue weighted by atomic mass is 16.4. The van der Waals surface area contributed by atoms with Crippen molar-refractivity contribution in [2.45, 2.75) is 45.6 Å². The molecule has 4 nitrogen and oxygen atoms in total. The van der Waals surface area contributed by atoms with Crippen LogP contribution in [0, 0.1) is 17.8 Å². The van der Waals surface area contributed by atoms with Gasteiger partial charge >= 0.3 is 5.97 Å². The Labute approximate surface area is 116 Å². The second kappa shape index (κ2) is 5.80. The number of likely N-dealkylation sites (tertiary alicyclic amines) is 1. The first-order chi connectivity index (χ1) is 8.99. The number of nitrogens with zero attached hydrogens (tertiary/aromatic N) is 1. The maximum Gasteiger partial charge on any atom is 0.325 e. The Hall–Kier alpha value is -0.610. The average Bonchev–Trinajstić information content (AvgIpc) is 3.17. The van der Waals surface area contributed by atoms with Crippen molar-refractivity contribution in [2.75, 3.05) is 26.2 Å². The van der Waals surface area contributed by atoms with Crippen LogP contribution in [-0.4, -0.2) is 47.7 Å². The molecule has 3 unspecified atom stereocenters. The van der Waals surface area contributed by atoms with Crippen molar-refractivity contribution in [1.29, 1.82) is 0 Å². The van der Waals surface area contributed by atoms with Gasteiger partial charge in [0.25, 0.3) is 0 Å². The number of carbonyl (C=O) groups is 1.